The molecule has 1 aromatic carbocycles. The topological polar surface area (TPSA) is 68.8 Å². The van der Waals surface area contributed by atoms with Crippen molar-refractivity contribution in [1.29, 1.82) is 0 Å². The van der Waals surface area contributed by atoms with Crippen LogP contribution in [-0.4, -0.2) is 34.7 Å². The smallest absolute Gasteiger partial charge is 0.137 e. The zero-order valence-electron chi connectivity index (χ0n) is 16.0. The number of benzene rings is 1. The summed E-state index contributed by atoms with van der Waals surface area (Å²) in [7, 11) is 0. The van der Waals surface area contributed by atoms with Gasteiger partial charge in [-0.25, -0.2) is 23.4 Å². The molecule has 0 amide bonds. The van der Waals surface area contributed by atoms with Crippen LogP contribution >= 0.6 is 11.8 Å². The molecule has 2 atom stereocenters. The van der Waals surface area contributed by atoms with Gasteiger partial charge in [0.2, 0.25) is 0 Å². The molecule has 0 aliphatic carbocycles. The molecular formula is C19H23F2N5OS. The molecule has 0 saturated carbocycles. The van der Waals surface area contributed by atoms with Crippen molar-refractivity contribution in [2.75, 3.05) is 0 Å². The van der Waals surface area contributed by atoms with Crippen molar-refractivity contribution < 1.29 is 13.9 Å². The van der Waals surface area contributed by atoms with Crippen molar-refractivity contribution in [2.45, 2.75) is 50.0 Å². The third-order valence-corrected chi connectivity index (χ3v) is 6.02. The van der Waals surface area contributed by atoms with Gasteiger partial charge in [0.1, 0.15) is 35.7 Å². The fourth-order valence-electron chi connectivity index (χ4n) is 3.10. The maximum Gasteiger partial charge on any atom is 0.137 e. The Morgan fingerprint density at radius 2 is 2.04 bits per heavy atom. The third kappa shape index (κ3) is 4.25. The molecule has 2 aromatic heterocycles. The third-order valence-electron chi connectivity index (χ3n) is 4.71. The number of nitrogens with zero attached hydrogens (tertiary/aromatic N) is 5. The highest BCUT2D eigenvalue weighted by molar-refractivity contribution is 7.99. The second kappa shape index (κ2) is 8.40. The summed E-state index contributed by atoms with van der Waals surface area (Å²) >= 11 is 1.45. The monoisotopic (exact) mass is 407 g/mol. The molecule has 0 fully saturated rings. The van der Waals surface area contributed by atoms with E-state index in [-0.39, 0.29) is 18.2 Å². The van der Waals surface area contributed by atoms with Crippen LogP contribution in [-0.2, 0) is 17.9 Å². The summed E-state index contributed by atoms with van der Waals surface area (Å²) < 4.78 is 31.4. The van der Waals surface area contributed by atoms with Gasteiger partial charge in [-0.3, -0.25) is 0 Å². The summed E-state index contributed by atoms with van der Waals surface area (Å²) in [5, 5.41) is 15.1. The molecule has 9 heteroatoms. The molecule has 0 unspecified atom stereocenters. The van der Waals surface area contributed by atoms with Crippen LogP contribution in [0, 0.1) is 11.6 Å². The number of thioether (sulfide) groups is 1. The van der Waals surface area contributed by atoms with Gasteiger partial charge in [0.05, 0.1) is 12.3 Å². The van der Waals surface area contributed by atoms with Crippen LogP contribution in [0.4, 0.5) is 8.78 Å². The maximum atomic E-state index is 14.5. The fourth-order valence-corrected chi connectivity index (χ4v) is 4.20. The normalized spacial score (nSPS) is 15.0. The Balaban J connectivity index is 1.88. The molecular weight excluding hydrogens is 384 g/mol. The van der Waals surface area contributed by atoms with E-state index in [2.05, 4.69) is 33.5 Å². The summed E-state index contributed by atoms with van der Waals surface area (Å²) in [6, 6.07) is 3.48. The quantitative estimate of drug-likeness (QED) is 0.619. The van der Waals surface area contributed by atoms with Gasteiger partial charge < -0.3 is 9.67 Å². The van der Waals surface area contributed by atoms with Crippen LogP contribution < -0.4 is 0 Å². The van der Waals surface area contributed by atoms with Crippen LogP contribution in [0.3, 0.4) is 0 Å². The van der Waals surface area contributed by atoms with Gasteiger partial charge in [0.15, 0.2) is 0 Å². The molecule has 3 rings (SSSR count). The summed E-state index contributed by atoms with van der Waals surface area (Å²) in [5.41, 5.74) is -1.60. The molecule has 0 radical (unpaired) electrons. The first kappa shape index (κ1) is 20.5. The highest BCUT2D eigenvalue weighted by Crippen LogP contribution is 2.37. The van der Waals surface area contributed by atoms with Crippen LogP contribution in [0.25, 0.3) is 0 Å². The second-order valence-electron chi connectivity index (χ2n) is 6.94. The molecule has 0 bridgehead atoms. The summed E-state index contributed by atoms with van der Waals surface area (Å²) in [6.45, 7) is 5.93. The lowest BCUT2D eigenvalue weighted by atomic mass is 9.90. The first-order valence-corrected chi connectivity index (χ1v) is 9.99. The largest absolute Gasteiger partial charge is 0.382 e. The molecule has 0 saturated heterocycles. The molecule has 0 spiro atoms. The van der Waals surface area contributed by atoms with E-state index in [0.29, 0.717) is 5.75 Å². The number of rotatable bonds is 8. The Labute approximate surface area is 166 Å². The zero-order chi connectivity index (χ0) is 20.3. The molecule has 0 aliphatic heterocycles. The minimum absolute atomic E-state index is 0.0116. The van der Waals surface area contributed by atoms with Crippen molar-refractivity contribution in [2.24, 2.45) is 0 Å². The van der Waals surface area contributed by atoms with Crippen molar-refractivity contribution in [3.05, 3.63) is 66.3 Å². The standard InChI is InChI=1S/C19H23F2N5OS/c1-13(2)26-7-6-23-18(26)9-28-14(3)19(27,10-25-12-22-11-24-25)16-5-4-15(20)8-17(16)21/h4-8,11-14,27H,9-10H2,1-3H3/t14-,19-/m1/s1. The number of aromatic nitrogens is 5. The molecule has 28 heavy (non-hydrogen) atoms. The van der Waals surface area contributed by atoms with Crippen molar-refractivity contribution in [1.82, 2.24) is 24.3 Å². The average molecular weight is 407 g/mol. The predicted octanol–water partition coefficient (Wildman–Crippen LogP) is 3.54. The lowest BCUT2D eigenvalue weighted by Gasteiger charge is -2.34. The zero-order valence-corrected chi connectivity index (χ0v) is 16.8. The number of aliphatic hydroxyl groups is 1. The Bertz CT molecular complexity index is 915. The van der Waals surface area contributed by atoms with E-state index >= 15 is 0 Å². The van der Waals surface area contributed by atoms with E-state index in [4.69, 9.17) is 0 Å². The maximum absolute atomic E-state index is 14.5. The molecule has 150 valence electrons. The summed E-state index contributed by atoms with van der Waals surface area (Å²) in [4.78, 5) is 8.26. The highest BCUT2D eigenvalue weighted by Gasteiger charge is 2.39. The van der Waals surface area contributed by atoms with E-state index in [1.54, 1.807) is 6.20 Å². The molecule has 0 aliphatic rings. The van der Waals surface area contributed by atoms with Gasteiger partial charge in [0, 0.05) is 35.3 Å². The van der Waals surface area contributed by atoms with Crippen LogP contribution in [0.5, 0.6) is 0 Å². The van der Waals surface area contributed by atoms with Gasteiger partial charge in [-0.1, -0.05) is 13.0 Å². The van der Waals surface area contributed by atoms with Gasteiger partial charge in [0.25, 0.3) is 0 Å². The van der Waals surface area contributed by atoms with E-state index in [1.807, 2.05) is 13.1 Å². The SMILES string of the molecule is CC(C)n1ccnc1CS[C@H](C)[C@](O)(Cn1cncn1)c1ccc(F)cc1F. The predicted molar refractivity (Wildman–Crippen MR) is 104 cm³/mol. The van der Waals surface area contributed by atoms with E-state index in [0.717, 1.165) is 18.0 Å². The fraction of sp³-hybridized carbons (Fsp3) is 0.421. The number of halogens is 2. The van der Waals surface area contributed by atoms with Crippen LogP contribution in [0.15, 0.2) is 43.2 Å². The van der Waals surface area contributed by atoms with E-state index < -0.39 is 22.5 Å². The lowest BCUT2D eigenvalue weighted by molar-refractivity contribution is 0.0133. The number of hydrogen-bond donors (Lipinski definition) is 1. The van der Waals surface area contributed by atoms with Gasteiger partial charge in [-0.2, -0.15) is 5.10 Å². The van der Waals surface area contributed by atoms with Gasteiger partial charge in [-0.05, 0) is 19.9 Å². The molecule has 1 N–H and O–H groups in total. The first-order chi connectivity index (χ1) is 13.3. The Morgan fingerprint density at radius 3 is 2.68 bits per heavy atom. The minimum Gasteiger partial charge on any atom is -0.382 e. The Hall–Kier alpha value is -2.26. The number of hydrogen-bond acceptors (Lipinski definition) is 5. The molecule has 2 heterocycles. The second-order valence-corrected chi connectivity index (χ2v) is 8.27. The Kier molecular flexibility index (Phi) is 6.14. The number of imidazole rings is 1. The van der Waals surface area contributed by atoms with Gasteiger partial charge >= 0.3 is 0 Å². The van der Waals surface area contributed by atoms with Crippen molar-refractivity contribution >= 4 is 11.8 Å². The highest BCUT2D eigenvalue weighted by atomic mass is 32.2. The summed E-state index contributed by atoms with van der Waals surface area (Å²) in [5.74, 6) is -0.0774. The molecule has 3 aromatic rings. The van der Waals surface area contributed by atoms with Gasteiger partial charge in [-0.15, -0.1) is 11.8 Å². The van der Waals surface area contributed by atoms with Crippen molar-refractivity contribution in [3.8, 4) is 0 Å². The first-order valence-electron chi connectivity index (χ1n) is 8.95. The van der Waals surface area contributed by atoms with Crippen LogP contribution in [0.1, 0.15) is 38.2 Å². The average Bonchev–Trinajstić information content (AvgIpc) is 3.30. The van der Waals surface area contributed by atoms with Crippen molar-refractivity contribution in [3.63, 3.8) is 0 Å². The Morgan fingerprint density at radius 1 is 1.25 bits per heavy atom. The summed E-state index contributed by atoms with van der Waals surface area (Å²) in [6.07, 6.45) is 6.45. The molecule has 6 nitrogen and oxygen atoms in total. The van der Waals surface area contributed by atoms with E-state index in [9.17, 15) is 13.9 Å². The van der Waals surface area contributed by atoms with Crippen LogP contribution in [0.2, 0.25) is 0 Å². The lowest BCUT2D eigenvalue weighted by Crippen LogP contribution is -2.41. The van der Waals surface area contributed by atoms with E-state index in [1.165, 1.54) is 35.2 Å². The minimum atomic E-state index is -1.62.